The number of carbonyl (C=O) groups excluding carboxylic acids is 3. The summed E-state index contributed by atoms with van der Waals surface area (Å²) in [5, 5.41) is 8.96. The molecule has 144 valence electrons. The molecule has 1 aromatic carbocycles. The van der Waals surface area contributed by atoms with E-state index in [9.17, 15) is 14.4 Å². The molecule has 1 fully saturated rings. The van der Waals surface area contributed by atoms with E-state index in [1.54, 1.807) is 0 Å². The largest absolute Gasteiger partial charge is 0.369 e. The number of hydrazone groups is 1. The highest BCUT2D eigenvalue weighted by Gasteiger charge is 2.19. The van der Waals surface area contributed by atoms with Crippen molar-refractivity contribution in [1.29, 1.82) is 0 Å². The summed E-state index contributed by atoms with van der Waals surface area (Å²) >= 11 is 0. The van der Waals surface area contributed by atoms with Crippen LogP contribution in [0.1, 0.15) is 12.8 Å². The van der Waals surface area contributed by atoms with Crippen molar-refractivity contribution < 1.29 is 14.4 Å². The van der Waals surface area contributed by atoms with Crippen LogP contribution in [0.15, 0.2) is 29.4 Å². The van der Waals surface area contributed by atoms with Gasteiger partial charge in [-0.25, -0.2) is 5.43 Å². The number of carbonyl (C=O) groups is 3. The van der Waals surface area contributed by atoms with E-state index in [1.807, 2.05) is 24.3 Å². The van der Waals surface area contributed by atoms with Crippen LogP contribution in [0, 0.1) is 0 Å². The highest BCUT2D eigenvalue weighted by atomic mass is 16.2. The SMILES string of the molecule is CN1CCN(c2ccc(NC(=O)CNC(=O)C3=NNC(=O)CC3)cc2)CC1. The Hall–Kier alpha value is -2.94. The summed E-state index contributed by atoms with van der Waals surface area (Å²) in [7, 11) is 2.12. The summed E-state index contributed by atoms with van der Waals surface area (Å²) in [4.78, 5) is 39.6. The zero-order chi connectivity index (χ0) is 19.2. The van der Waals surface area contributed by atoms with Gasteiger partial charge in [0.2, 0.25) is 11.8 Å². The minimum Gasteiger partial charge on any atom is -0.369 e. The van der Waals surface area contributed by atoms with Crippen molar-refractivity contribution in [2.24, 2.45) is 5.10 Å². The van der Waals surface area contributed by atoms with Gasteiger partial charge in [-0.1, -0.05) is 0 Å². The molecule has 3 N–H and O–H groups in total. The predicted octanol–water partition coefficient (Wildman–Crippen LogP) is -0.241. The first-order valence-electron chi connectivity index (χ1n) is 8.98. The molecule has 0 spiro atoms. The highest BCUT2D eigenvalue weighted by molar-refractivity contribution is 6.39. The topological polar surface area (TPSA) is 106 Å². The summed E-state index contributed by atoms with van der Waals surface area (Å²) in [6, 6.07) is 7.68. The molecule has 1 saturated heterocycles. The van der Waals surface area contributed by atoms with Crippen LogP contribution in [0.25, 0.3) is 0 Å². The first-order valence-corrected chi connectivity index (χ1v) is 8.98. The fourth-order valence-electron chi connectivity index (χ4n) is 2.93. The fourth-order valence-corrected chi connectivity index (χ4v) is 2.93. The number of nitrogens with zero attached hydrogens (tertiary/aromatic N) is 3. The monoisotopic (exact) mass is 372 g/mol. The van der Waals surface area contributed by atoms with Crippen molar-refractivity contribution >= 4 is 34.8 Å². The minimum atomic E-state index is -0.449. The van der Waals surface area contributed by atoms with Gasteiger partial charge in [-0.15, -0.1) is 0 Å². The molecule has 3 amide bonds. The van der Waals surface area contributed by atoms with E-state index in [0.717, 1.165) is 31.9 Å². The number of hydrogen-bond acceptors (Lipinski definition) is 6. The zero-order valence-electron chi connectivity index (χ0n) is 15.3. The van der Waals surface area contributed by atoms with Gasteiger partial charge in [0.05, 0.1) is 6.54 Å². The van der Waals surface area contributed by atoms with Crippen LogP contribution in [0.3, 0.4) is 0 Å². The van der Waals surface area contributed by atoms with E-state index in [-0.39, 0.29) is 36.9 Å². The van der Waals surface area contributed by atoms with E-state index in [0.29, 0.717) is 5.69 Å². The number of hydrogen-bond donors (Lipinski definition) is 3. The minimum absolute atomic E-state index is 0.161. The van der Waals surface area contributed by atoms with Gasteiger partial charge in [-0.05, 0) is 31.3 Å². The molecule has 0 unspecified atom stereocenters. The van der Waals surface area contributed by atoms with Crippen molar-refractivity contribution in [3.8, 4) is 0 Å². The van der Waals surface area contributed by atoms with Gasteiger partial charge in [0, 0.05) is 50.4 Å². The number of anilines is 2. The predicted molar refractivity (Wildman–Crippen MR) is 103 cm³/mol. The van der Waals surface area contributed by atoms with E-state index >= 15 is 0 Å². The maximum absolute atomic E-state index is 12.0. The second kappa shape index (κ2) is 8.63. The Bertz CT molecular complexity index is 738. The van der Waals surface area contributed by atoms with E-state index < -0.39 is 5.91 Å². The van der Waals surface area contributed by atoms with Crippen LogP contribution in [0.5, 0.6) is 0 Å². The van der Waals surface area contributed by atoms with Gasteiger partial charge < -0.3 is 20.4 Å². The molecule has 0 saturated carbocycles. The molecular weight excluding hydrogens is 348 g/mol. The van der Waals surface area contributed by atoms with E-state index in [1.165, 1.54) is 0 Å². The van der Waals surface area contributed by atoms with Crippen LogP contribution < -0.4 is 21.0 Å². The molecule has 9 nitrogen and oxygen atoms in total. The first kappa shape index (κ1) is 18.8. The Morgan fingerprint density at radius 2 is 1.81 bits per heavy atom. The number of piperazine rings is 1. The molecule has 2 heterocycles. The average Bonchev–Trinajstić information content (AvgIpc) is 2.68. The summed E-state index contributed by atoms with van der Waals surface area (Å²) in [6.45, 7) is 3.88. The second-order valence-electron chi connectivity index (χ2n) is 6.66. The van der Waals surface area contributed by atoms with Gasteiger partial charge in [-0.2, -0.15) is 5.10 Å². The lowest BCUT2D eigenvalue weighted by atomic mass is 10.1. The van der Waals surface area contributed by atoms with Crippen LogP contribution >= 0.6 is 0 Å². The molecule has 0 aliphatic carbocycles. The molecule has 9 heteroatoms. The van der Waals surface area contributed by atoms with Crippen molar-refractivity contribution in [3.63, 3.8) is 0 Å². The van der Waals surface area contributed by atoms with Crippen LogP contribution in [0.2, 0.25) is 0 Å². The van der Waals surface area contributed by atoms with Crippen LogP contribution in [-0.4, -0.2) is 68.1 Å². The third-order valence-corrected chi connectivity index (χ3v) is 4.60. The molecule has 2 aliphatic rings. The molecule has 0 bridgehead atoms. The Labute approximate surface area is 157 Å². The second-order valence-corrected chi connectivity index (χ2v) is 6.66. The maximum Gasteiger partial charge on any atom is 0.267 e. The molecule has 0 aromatic heterocycles. The van der Waals surface area contributed by atoms with Gasteiger partial charge in [0.1, 0.15) is 5.71 Å². The molecule has 27 heavy (non-hydrogen) atoms. The third-order valence-electron chi connectivity index (χ3n) is 4.60. The molecule has 2 aliphatic heterocycles. The van der Waals surface area contributed by atoms with Gasteiger partial charge in [-0.3, -0.25) is 14.4 Å². The van der Waals surface area contributed by atoms with E-state index in [4.69, 9.17) is 0 Å². The quantitative estimate of drug-likeness (QED) is 0.661. The lowest BCUT2D eigenvalue weighted by Crippen LogP contribution is -2.44. The normalized spacial score (nSPS) is 17.7. The van der Waals surface area contributed by atoms with Gasteiger partial charge in [0.25, 0.3) is 5.91 Å². The standard InChI is InChI=1S/C18H24N6O3/c1-23-8-10-24(11-9-23)14-4-2-13(3-5-14)20-17(26)12-19-18(27)15-6-7-16(25)22-21-15/h2-5H,6-12H2,1H3,(H,19,27)(H,20,26)(H,22,25). The Morgan fingerprint density at radius 3 is 2.44 bits per heavy atom. The Balaban J connectivity index is 1.45. The fraction of sp³-hybridized carbons (Fsp3) is 0.444. The molecule has 1 aromatic rings. The van der Waals surface area contributed by atoms with Crippen LogP contribution in [0.4, 0.5) is 11.4 Å². The molecule has 3 rings (SSSR count). The smallest absolute Gasteiger partial charge is 0.267 e. The average molecular weight is 372 g/mol. The summed E-state index contributed by atoms with van der Waals surface area (Å²) in [6.07, 6.45) is 0.491. The Morgan fingerprint density at radius 1 is 1.11 bits per heavy atom. The summed E-state index contributed by atoms with van der Waals surface area (Å²) in [5.41, 5.74) is 4.28. The maximum atomic E-state index is 12.0. The number of nitrogens with one attached hydrogen (secondary N) is 3. The van der Waals surface area contributed by atoms with E-state index in [2.05, 4.69) is 38.0 Å². The lowest BCUT2D eigenvalue weighted by molar-refractivity contribution is -0.122. The lowest BCUT2D eigenvalue weighted by Gasteiger charge is -2.34. The number of likely N-dealkylation sites (N-methyl/N-ethyl adjacent to an activating group) is 1. The van der Waals surface area contributed by atoms with Gasteiger partial charge in [0.15, 0.2) is 0 Å². The number of amides is 3. The highest BCUT2D eigenvalue weighted by Crippen LogP contribution is 2.19. The molecule has 0 radical (unpaired) electrons. The van der Waals surface area contributed by atoms with Crippen molar-refractivity contribution in [1.82, 2.24) is 15.6 Å². The number of rotatable bonds is 5. The van der Waals surface area contributed by atoms with Crippen molar-refractivity contribution in [3.05, 3.63) is 24.3 Å². The molecule has 0 atom stereocenters. The Kier molecular flexibility index (Phi) is 6.02. The van der Waals surface area contributed by atoms with Crippen molar-refractivity contribution in [2.75, 3.05) is 50.0 Å². The van der Waals surface area contributed by atoms with Gasteiger partial charge >= 0.3 is 0 Å². The summed E-state index contributed by atoms with van der Waals surface area (Å²) in [5.74, 6) is -0.990. The third kappa shape index (κ3) is 5.27. The number of benzene rings is 1. The molecular formula is C18H24N6O3. The van der Waals surface area contributed by atoms with Crippen LogP contribution in [-0.2, 0) is 14.4 Å². The zero-order valence-corrected chi connectivity index (χ0v) is 15.3. The van der Waals surface area contributed by atoms with Crippen molar-refractivity contribution in [2.45, 2.75) is 12.8 Å². The summed E-state index contributed by atoms with van der Waals surface area (Å²) < 4.78 is 0. The first-order chi connectivity index (χ1) is 13.0.